The van der Waals surface area contributed by atoms with Gasteiger partial charge in [-0.15, -0.1) is 0 Å². The Bertz CT molecular complexity index is 2440. The van der Waals surface area contributed by atoms with Crippen molar-refractivity contribution in [3.63, 3.8) is 0 Å². The lowest BCUT2D eigenvalue weighted by Crippen LogP contribution is -2.56. The largest absolute Gasteiger partial charge is 0.455 e. The second kappa shape index (κ2) is 17.9. The van der Waals surface area contributed by atoms with Gasteiger partial charge in [0.25, 0.3) is 21.6 Å². The number of benzene rings is 3. The number of anilines is 2. The number of allylic oxidation sites excluding steroid dienone is 2. The van der Waals surface area contributed by atoms with Gasteiger partial charge in [-0.3, -0.25) is 9.69 Å². The van der Waals surface area contributed by atoms with Gasteiger partial charge >= 0.3 is 0 Å². The van der Waals surface area contributed by atoms with E-state index in [-0.39, 0.29) is 21.9 Å². The molecule has 1 aliphatic carbocycles. The quantitative estimate of drug-likeness (QED) is 0.0940. The minimum Gasteiger partial charge on any atom is -0.455 e. The predicted molar refractivity (Wildman–Crippen MR) is 229 cm³/mol. The standard InChI is InChI=1S/C44H48ClN7O6S/c1-29-2-3-33(39(22-29)31-4-6-34(45)7-5-31)28-51-16-18-52(19-17-51)35-8-10-38(42(24-35)58-36-23-32-12-15-46-43(32)48-27-36)44(53)50-59(55,56)37-9-11-40(41(25-37)49-54)47-26-30-13-20-57-21-14-30/h2,4-12,15,23-25,27,30,33,39,47H,3,13-14,16-22,26,28H2,1H3,(H,46,48)(H,50,53)/p+1/t33-,39-/m1/s1. The van der Waals surface area contributed by atoms with Gasteiger partial charge in [-0.05, 0) is 104 Å². The van der Waals surface area contributed by atoms with Gasteiger partial charge in [0.2, 0.25) is 0 Å². The van der Waals surface area contributed by atoms with Crippen molar-refractivity contribution in [1.29, 1.82) is 0 Å². The molecule has 2 atom stereocenters. The van der Waals surface area contributed by atoms with Gasteiger partial charge in [-0.25, -0.2) is 18.1 Å². The van der Waals surface area contributed by atoms with Crippen molar-refractivity contribution in [3.05, 3.63) is 118 Å². The van der Waals surface area contributed by atoms with E-state index >= 15 is 0 Å². The van der Waals surface area contributed by atoms with Crippen LogP contribution in [0.3, 0.4) is 0 Å². The first-order chi connectivity index (χ1) is 28.6. The van der Waals surface area contributed by atoms with Crippen molar-refractivity contribution in [2.24, 2.45) is 11.8 Å². The van der Waals surface area contributed by atoms with Crippen molar-refractivity contribution < 1.29 is 27.9 Å². The number of halogens is 1. The summed E-state index contributed by atoms with van der Waals surface area (Å²) in [6.07, 6.45) is 9.59. The molecule has 0 bridgehead atoms. The van der Waals surface area contributed by atoms with Crippen LogP contribution >= 0.6 is 11.6 Å². The van der Waals surface area contributed by atoms with E-state index in [0.717, 1.165) is 74.5 Å². The van der Waals surface area contributed by atoms with Gasteiger partial charge < -0.3 is 24.7 Å². The van der Waals surface area contributed by atoms with Gasteiger partial charge in [-0.2, -0.15) is 0 Å². The van der Waals surface area contributed by atoms with Crippen LogP contribution in [0.25, 0.3) is 11.0 Å². The zero-order valence-electron chi connectivity index (χ0n) is 33.0. The molecule has 13 nitrogen and oxygen atoms in total. The smallest absolute Gasteiger partial charge is 0.277 e. The highest BCUT2D eigenvalue weighted by Gasteiger charge is 2.30. The summed E-state index contributed by atoms with van der Waals surface area (Å²) >= 11 is 6.22. The number of carbonyl (C=O) groups is 1. The number of carbonyl (C=O) groups excluding carboxylic acids is 1. The molecule has 5 aromatic rings. The minimum atomic E-state index is -4.40. The third kappa shape index (κ3) is 9.62. The van der Waals surface area contributed by atoms with E-state index < -0.39 is 15.9 Å². The fourth-order valence-corrected chi connectivity index (χ4v) is 9.51. The molecule has 8 rings (SSSR count). The molecule has 2 fully saturated rings. The summed E-state index contributed by atoms with van der Waals surface area (Å²) < 4.78 is 41.2. The molecule has 1 amide bonds. The lowest BCUT2D eigenvalue weighted by atomic mass is 9.75. The molecule has 59 heavy (non-hydrogen) atoms. The fraction of sp³-hybridized carbons (Fsp3) is 0.364. The maximum absolute atomic E-state index is 13.9. The number of hydrogen-bond acceptors (Lipinski definition) is 10. The first-order valence-corrected chi connectivity index (χ1v) is 22.0. The Kier molecular flexibility index (Phi) is 12.3. The van der Waals surface area contributed by atoms with Crippen molar-refractivity contribution in [2.75, 3.05) is 62.7 Å². The molecule has 15 heteroatoms. The Morgan fingerprint density at radius 3 is 2.59 bits per heavy atom. The van der Waals surface area contributed by atoms with E-state index in [2.05, 4.69) is 54.9 Å². The van der Waals surface area contributed by atoms with Crippen LogP contribution in [0.15, 0.2) is 102 Å². The molecule has 3 aliphatic rings. The highest BCUT2D eigenvalue weighted by Crippen LogP contribution is 2.39. The van der Waals surface area contributed by atoms with Gasteiger partial charge in [0, 0.05) is 97.0 Å². The number of hydrogen-bond donors (Lipinski definition) is 4. The maximum atomic E-state index is 13.9. The average Bonchev–Trinajstić information content (AvgIpc) is 3.72. The number of ether oxygens (including phenoxy) is 2. The highest BCUT2D eigenvalue weighted by atomic mass is 35.5. The monoisotopic (exact) mass is 838 g/mol. The summed E-state index contributed by atoms with van der Waals surface area (Å²) in [6, 6.07) is 21.3. The first-order valence-electron chi connectivity index (χ1n) is 20.2. The number of sulfonamides is 1. The average molecular weight is 839 g/mol. The van der Waals surface area contributed by atoms with E-state index in [9.17, 15) is 18.1 Å². The number of nitrogens with one attached hydrogen (secondary N) is 4. The van der Waals surface area contributed by atoms with Gasteiger partial charge in [0.1, 0.15) is 22.8 Å². The number of aromatic nitrogens is 2. The lowest BCUT2D eigenvalue weighted by Gasteiger charge is -2.40. The summed E-state index contributed by atoms with van der Waals surface area (Å²) in [5.74, 6) is 0.995. The van der Waals surface area contributed by atoms with Gasteiger partial charge in [-0.1, -0.05) is 35.4 Å². The van der Waals surface area contributed by atoms with Crippen LogP contribution in [0.4, 0.5) is 17.1 Å². The molecule has 2 saturated heterocycles. The van der Waals surface area contributed by atoms with E-state index in [1.165, 1.54) is 29.3 Å². The summed E-state index contributed by atoms with van der Waals surface area (Å²) in [5, 5.41) is 6.66. The Morgan fingerprint density at radius 1 is 1.02 bits per heavy atom. The number of nitrogens with zero attached hydrogens (tertiary/aromatic N) is 3. The van der Waals surface area contributed by atoms with Crippen LogP contribution in [-0.4, -0.2) is 81.7 Å². The highest BCUT2D eigenvalue weighted by molar-refractivity contribution is 7.90. The molecular formula is C44H49ClN7O6S+. The molecular weight excluding hydrogens is 790 g/mol. The third-order valence-corrected chi connectivity index (χ3v) is 13.4. The van der Waals surface area contributed by atoms with E-state index in [1.807, 2.05) is 29.4 Å². The molecule has 0 radical (unpaired) electrons. The number of piperazine rings is 1. The molecule has 4 N–H and O–H groups in total. The van der Waals surface area contributed by atoms with Crippen molar-refractivity contribution in [1.82, 2.24) is 19.6 Å². The fourth-order valence-electron chi connectivity index (χ4n) is 8.39. The molecule has 4 heterocycles. The summed E-state index contributed by atoms with van der Waals surface area (Å²) in [6.45, 7) is 8.45. The summed E-state index contributed by atoms with van der Waals surface area (Å²) in [5.41, 5.74) is 4.84. The zero-order chi connectivity index (χ0) is 40.9. The van der Waals surface area contributed by atoms with Crippen LogP contribution in [0, 0.1) is 16.7 Å². The Hall–Kier alpha value is -5.28. The van der Waals surface area contributed by atoms with E-state index in [1.54, 1.807) is 30.6 Å². The Morgan fingerprint density at radius 2 is 1.81 bits per heavy atom. The van der Waals surface area contributed by atoms with Crippen molar-refractivity contribution in [2.45, 2.75) is 43.4 Å². The van der Waals surface area contributed by atoms with E-state index in [0.29, 0.717) is 54.6 Å². The number of nitroso groups, excluding NO2 is 1. The van der Waals surface area contributed by atoms with Crippen LogP contribution in [-0.2, 0) is 14.8 Å². The molecule has 2 aliphatic heterocycles. The summed E-state index contributed by atoms with van der Waals surface area (Å²) in [7, 11) is -4.40. The van der Waals surface area contributed by atoms with E-state index in [4.69, 9.17) is 21.1 Å². The zero-order valence-corrected chi connectivity index (χ0v) is 34.5. The first kappa shape index (κ1) is 40.5. The van der Waals surface area contributed by atoms with Gasteiger partial charge in [0.15, 0.2) is 0 Å². The topological polar surface area (TPSA) is 160 Å². The SMILES string of the molecule is CC1=CC[C@H](CN2CCN(c3ccc(C(=O)NS(=O)(=O)c4ccc(NCC5CCOCC5)c([NH+]=O)c4)c(Oc4cnc5[nH]ccc5c4)c3)CC2)[C@@H](c2ccc(Cl)cc2)C1. The van der Waals surface area contributed by atoms with Crippen molar-refractivity contribution >= 4 is 55.6 Å². The minimum absolute atomic E-state index is 0.0240. The number of rotatable bonds is 13. The second-order valence-corrected chi connectivity index (χ2v) is 17.9. The molecule has 0 spiro atoms. The van der Waals surface area contributed by atoms with Gasteiger partial charge in [0.05, 0.1) is 16.7 Å². The molecule has 2 aromatic heterocycles. The van der Waals surface area contributed by atoms with Crippen LogP contribution < -0.4 is 24.9 Å². The van der Waals surface area contributed by atoms with Crippen LogP contribution in [0.1, 0.15) is 54.4 Å². The van der Waals surface area contributed by atoms with Crippen LogP contribution in [0.5, 0.6) is 11.5 Å². The molecule has 0 unspecified atom stereocenters. The number of aromatic amines is 1. The number of amides is 1. The molecule has 3 aromatic carbocycles. The van der Waals surface area contributed by atoms with Crippen molar-refractivity contribution in [3.8, 4) is 11.5 Å². The predicted octanol–water partition coefficient (Wildman–Crippen LogP) is 6.71. The second-order valence-electron chi connectivity index (χ2n) is 15.7. The molecule has 308 valence electrons. The Labute approximate surface area is 349 Å². The lowest BCUT2D eigenvalue weighted by molar-refractivity contribution is -0.378. The number of H-pyrrole nitrogens is 1. The third-order valence-electron chi connectivity index (χ3n) is 11.8. The Balaban J connectivity index is 0.980. The molecule has 0 saturated carbocycles. The number of fused-ring (bicyclic) bond motifs is 1. The van der Waals surface area contributed by atoms with Crippen LogP contribution in [0.2, 0.25) is 5.02 Å². The maximum Gasteiger partial charge on any atom is 0.277 e. The summed E-state index contributed by atoms with van der Waals surface area (Å²) in [4.78, 5) is 37.9. The normalized spacial score (nSPS) is 19.3. The number of pyridine rings is 1.